The molecule has 180 valence electrons. The van der Waals surface area contributed by atoms with E-state index in [2.05, 4.69) is 47.0 Å². The third kappa shape index (κ3) is 5.26. The van der Waals surface area contributed by atoms with Crippen molar-refractivity contribution in [3.8, 4) is 11.1 Å². The first-order valence-corrected chi connectivity index (χ1v) is 13.1. The van der Waals surface area contributed by atoms with Crippen molar-refractivity contribution in [2.24, 2.45) is 0 Å². The predicted octanol–water partition coefficient (Wildman–Crippen LogP) is 2.78. The van der Waals surface area contributed by atoms with Crippen molar-refractivity contribution < 1.29 is 13.7 Å². The Balaban J connectivity index is 1.38. The SMILES string of the molecule is C=S(C)(=O)Nc1ccc(NC(=O)c2n[nH]c3ccc(-c4cncc(N5CCOCC5)c4)cc23)cn1. The van der Waals surface area contributed by atoms with Crippen LogP contribution in [0.25, 0.3) is 22.0 Å². The summed E-state index contributed by atoms with van der Waals surface area (Å²) in [5.41, 5.74) is 4.44. The van der Waals surface area contributed by atoms with Crippen molar-refractivity contribution in [2.75, 3.05) is 47.5 Å². The molecular formula is C24H25N7O3S. The van der Waals surface area contributed by atoms with E-state index in [1.807, 2.05) is 30.6 Å². The number of ether oxygens (including phenoxy) is 1. The molecule has 3 aromatic heterocycles. The molecular weight excluding hydrogens is 466 g/mol. The average molecular weight is 492 g/mol. The largest absolute Gasteiger partial charge is 0.378 e. The summed E-state index contributed by atoms with van der Waals surface area (Å²) in [6.45, 7) is 3.06. The number of fused-ring (bicyclic) bond motifs is 1. The van der Waals surface area contributed by atoms with Crippen molar-refractivity contribution in [3.63, 3.8) is 0 Å². The number of H-pyrrole nitrogens is 1. The minimum Gasteiger partial charge on any atom is -0.378 e. The Morgan fingerprint density at radius 3 is 2.69 bits per heavy atom. The normalized spacial score (nSPS) is 15.5. The second-order valence-electron chi connectivity index (χ2n) is 8.36. The average Bonchev–Trinajstić information content (AvgIpc) is 3.28. The summed E-state index contributed by atoms with van der Waals surface area (Å²) in [6, 6.07) is 11.2. The summed E-state index contributed by atoms with van der Waals surface area (Å²) in [7, 11) is -2.44. The van der Waals surface area contributed by atoms with Crippen LogP contribution in [-0.4, -0.2) is 68.7 Å². The molecule has 1 amide bonds. The number of nitrogens with one attached hydrogen (secondary N) is 3. The molecule has 11 heteroatoms. The van der Waals surface area contributed by atoms with Crippen molar-refractivity contribution in [1.82, 2.24) is 20.2 Å². The highest BCUT2D eigenvalue weighted by Gasteiger charge is 2.17. The Morgan fingerprint density at radius 1 is 1.11 bits per heavy atom. The number of aromatic nitrogens is 4. The van der Waals surface area contributed by atoms with Crippen molar-refractivity contribution >= 4 is 49.6 Å². The fourth-order valence-corrected chi connectivity index (χ4v) is 4.45. The molecule has 5 rings (SSSR count). The number of carbonyl (C=O) groups excluding carboxylic acids is 1. The standard InChI is InChI=1S/C24H25N7O3S/c1-35(2,33)30-22-6-4-18(14-26-22)27-24(32)23-20-12-16(3-5-21(20)28-29-23)17-11-19(15-25-13-17)31-7-9-34-10-8-31/h3-6,11-15H,1,7-10H2,2H3,(H,27,32)(H,28,29)(H,26,30,33). The van der Waals surface area contributed by atoms with Gasteiger partial charge in [0.15, 0.2) is 5.69 Å². The first-order chi connectivity index (χ1) is 16.9. The molecule has 0 spiro atoms. The van der Waals surface area contributed by atoms with Crippen molar-refractivity contribution in [3.05, 3.63) is 60.7 Å². The van der Waals surface area contributed by atoms with Gasteiger partial charge < -0.3 is 15.0 Å². The number of amides is 1. The van der Waals surface area contributed by atoms with Gasteiger partial charge in [0, 0.05) is 46.2 Å². The number of morpholine rings is 1. The van der Waals surface area contributed by atoms with Crippen LogP contribution in [0.1, 0.15) is 10.5 Å². The molecule has 0 aliphatic carbocycles. The van der Waals surface area contributed by atoms with Gasteiger partial charge in [-0.05, 0) is 41.8 Å². The lowest BCUT2D eigenvalue weighted by Crippen LogP contribution is -2.36. The lowest BCUT2D eigenvalue weighted by Gasteiger charge is -2.28. The molecule has 1 aromatic carbocycles. The number of anilines is 3. The topological polar surface area (TPSA) is 125 Å². The number of benzene rings is 1. The molecule has 1 atom stereocenters. The van der Waals surface area contributed by atoms with Crippen LogP contribution in [0.5, 0.6) is 0 Å². The summed E-state index contributed by atoms with van der Waals surface area (Å²) in [5.74, 6) is 3.58. The molecule has 1 fully saturated rings. The first-order valence-electron chi connectivity index (χ1n) is 11.0. The number of carbonyl (C=O) groups is 1. The second-order valence-corrected chi connectivity index (χ2v) is 10.6. The van der Waals surface area contributed by atoms with E-state index in [-0.39, 0.29) is 11.6 Å². The number of rotatable bonds is 6. The molecule has 10 nitrogen and oxygen atoms in total. The Hall–Kier alpha value is -3.96. The quantitative estimate of drug-likeness (QED) is 0.354. The maximum atomic E-state index is 13.0. The molecule has 3 N–H and O–H groups in total. The Bertz CT molecular complexity index is 1480. The zero-order chi connectivity index (χ0) is 24.4. The van der Waals surface area contributed by atoms with E-state index in [9.17, 15) is 9.00 Å². The van der Waals surface area contributed by atoms with E-state index in [0.717, 1.165) is 35.4 Å². The zero-order valence-electron chi connectivity index (χ0n) is 19.2. The molecule has 1 saturated heterocycles. The summed E-state index contributed by atoms with van der Waals surface area (Å²) < 4.78 is 19.9. The molecule has 1 aliphatic rings. The molecule has 35 heavy (non-hydrogen) atoms. The van der Waals surface area contributed by atoms with Crippen LogP contribution in [-0.2, 0) is 14.4 Å². The van der Waals surface area contributed by atoms with Crippen LogP contribution in [0.15, 0.2) is 55.0 Å². The summed E-state index contributed by atoms with van der Waals surface area (Å²) in [4.78, 5) is 23.8. The predicted molar refractivity (Wildman–Crippen MR) is 139 cm³/mol. The molecule has 1 unspecified atom stereocenters. The van der Waals surface area contributed by atoms with E-state index >= 15 is 0 Å². The number of pyridine rings is 2. The van der Waals surface area contributed by atoms with Gasteiger partial charge in [0.05, 0.1) is 42.5 Å². The highest BCUT2D eigenvalue weighted by Crippen LogP contribution is 2.28. The molecule has 0 saturated carbocycles. The number of nitrogens with zero attached hydrogens (tertiary/aromatic N) is 4. The van der Waals surface area contributed by atoms with Gasteiger partial charge in [0.25, 0.3) is 5.91 Å². The van der Waals surface area contributed by atoms with Crippen LogP contribution in [0.2, 0.25) is 0 Å². The van der Waals surface area contributed by atoms with Gasteiger partial charge in [-0.15, -0.1) is 0 Å². The number of aromatic amines is 1. The summed E-state index contributed by atoms with van der Waals surface area (Å²) in [5, 5.41) is 10.7. The van der Waals surface area contributed by atoms with E-state index in [0.29, 0.717) is 30.1 Å². The fourth-order valence-electron chi connectivity index (χ4n) is 3.89. The maximum absolute atomic E-state index is 13.0. The smallest absolute Gasteiger partial charge is 0.276 e. The van der Waals surface area contributed by atoms with Crippen molar-refractivity contribution in [2.45, 2.75) is 0 Å². The summed E-state index contributed by atoms with van der Waals surface area (Å²) >= 11 is 0. The Kier molecular flexibility index (Phi) is 6.10. The van der Waals surface area contributed by atoms with Gasteiger partial charge in [0.1, 0.15) is 5.82 Å². The Morgan fingerprint density at radius 2 is 1.94 bits per heavy atom. The van der Waals surface area contributed by atoms with Crippen LogP contribution in [0.4, 0.5) is 17.2 Å². The van der Waals surface area contributed by atoms with Gasteiger partial charge in [-0.2, -0.15) is 5.10 Å². The van der Waals surface area contributed by atoms with E-state index in [4.69, 9.17) is 4.74 Å². The highest BCUT2D eigenvalue weighted by atomic mass is 32.2. The lowest BCUT2D eigenvalue weighted by molar-refractivity contribution is 0.102. The lowest BCUT2D eigenvalue weighted by atomic mass is 10.0. The van der Waals surface area contributed by atoms with E-state index in [1.165, 1.54) is 12.5 Å². The van der Waals surface area contributed by atoms with Crippen LogP contribution in [0, 0.1) is 0 Å². The van der Waals surface area contributed by atoms with Gasteiger partial charge >= 0.3 is 0 Å². The number of hydrogen-bond donors (Lipinski definition) is 3. The number of hydrogen-bond acceptors (Lipinski definition) is 7. The highest BCUT2D eigenvalue weighted by molar-refractivity contribution is 8.00. The summed E-state index contributed by atoms with van der Waals surface area (Å²) in [6.07, 6.45) is 6.63. The van der Waals surface area contributed by atoms with Gasteiger partial charge in [-0.3, -0.25) is 19.6 Å². The maximum Gasteiger partial charge on any atom is 0.276 e. The monoisotopic (exact) mass is 491 g/mol. The second kappa shape index (κ2) is 9.35. The van der Waals surface area contributed by atoms with Crippen molar-refractivity contribution in [1.29, 1.82) is 0 Å². The molecule has 4 heterocycles. The molecule has 4 aromatic rings. The minimum atomic E-state index is -2.44. The minimum absolute atomic E-state index is 0.274. The van der Waals surface area contributed by atoms with Gasteiger partial charge in [-0.25, -0.2) is 9.19 Å². The molecule has 0 bridgehead atoms. The van der Waals surface area contributed by atoms with Crippen LogP contribution < -0.4 is 14.9 Å². The molecule has 1 aliphatic heterocycles. The van der Waals surface area contributed by atoms with E-state index in [1.54, 1.807) is 12.1 Å². The third-order valence-electron chi connectivity index (χ3n) is 5.55. The van der Waals surface area contributed by atoms with E-state index < -0.39 is 9.71 Å². The van der Waals surface area contributed by atoms with Crippen LogP contribution >= 0.6 is 0 Å². The van der Waals surface area contributed by atoms with Gasteiger partial charge in [0.2, 0.25) is 0 Å². The molecule has 0 radical (unpaired) electrons. The first kappa shape index (κ1) is 22.8. The fraction of sp³-hybridized carbons (Fsp3) is 0.208. The zero-order valence-corrected chi connectivity index (χ0v) is 20.0. The third-order valence-corrected chi connectivity index (χ3v) is 6.19. The Labute approximate surface area is 202 Å². The van der Waals surface area contributed by atoms with Crippen LogP contribution in [0.3, 0.4) is 0 Å². The van der Waals surface area contributed by atoms with Gasteiger partial charge in [-0.1, -0.05) is 6.07 Å².